The lowest BCUT2D eigenvalue weighted by atomic mass is 9.86. The molecule has 0 fully saturated rings. The third-order valence-electron chi connectivity index (χ3n) is 4.49. The number of carbonyl (C=O) groups is 1. The number of aliphatic hydroxyl groups excluding tert-OH is 1. The topological polar surface area (TPSA) is 40.5 Å². The van der Waals surface area contributed by atoms with E-state index >= 15 is 0 Å². The lowest BCUT2D eigenvalue weighted by molar-refractivity contribution is -0.122. The summed E-state index contributed by atoms with van der Waals surface area (Å²) in [5, 5.41) is 9.48. The highest BCUT2D eigenvalue weighted by molar-refractivity contribution is 6.08. The molecule has 1 heterocycles. The molecule has 0 aliphatic carbocycles. The van der Waals surface area contributed by atoms with Crippen LogP contribution in [0.3, 0.4) is 0 Å². The first-order valence-corrected chi connectivity index (χ1v) is 7.66. The van der Waals surface area contributed by atoms with Gasteiger partial charge in [-0.1, -0.05) is 48.5 Å². The van der Waals surface area contributed by atoms with Crippen molar-refractivity contribution in [3.8, 4) is 0 Å². The predicted molar refractivity (Wildman–Crippen MR) is 87.8 cm³/mol. The van der Waals surface area contributed by atoms with Crippen LogP contribution in [0.15, 0.2) is 54.6 Å². The van der Waals surface area contributed by atoms with Crippen molar-refractivity contribution in [1.29, 1.82) is 0 Å². The molecule has 0 saturated heterocycles. The molecule has 0 saturated carbocycles. The summed E-state index contributed by atoms with van der Waals surface area (Å²) in [4.78, 5) is 14.9. The Labute approximate surface area is 131 Å². The zero-order chi connectivity index (χ0) is 15.7. The Bertz CT molecular complexity index is 679. The Hall–Kier alpha value is -2.13. The van der Waals surface area contributed by atoms with Crippen molar-refractivity contribution < 1.29 is 9.90 Å². The van der Waals surface area contributed by atoms with Crippen LogP contribution < -0.4 is 4.90 Å². The largest absolute Gasteiger partial charge is 0.396 e. The molecule has 3 heteroatoms. The normalized spacial score (nSPS) is 17.4. The number of nitrogens with zero attached hydrogens (tertiary/aromatic N) is 1. The molecule has 1 atom stereocenters. The monoisotopic (exact) mass is 295 g/mol. The fraction of sp³-hybridized carbons (Fsp3) is 0.316. The molecular formula is C19H21NO2. The highest BCUT2D eigenvalue weighted by atomic mass is 16.3. The van der Waals surface area contributed by atoms with Crippen LogP contribution in [0.4, 0.5) is 5.69 Å². The maximum Gasteiger partial charge on any atom is 0.237 e. The van der Waals surface area contributed by atoms with E-state index in [1.54, 1.807) is 0 Å². The molecule has 0 aromatic heterocycles. The Morgan fingerprint density at radius 1 is 1.05 bits per heavy atom. The van der Waals surface area contributed by atoms with Crippen LogP contribution in [0.25, 0.3) is 0 Å². The molecular weight excluding hydrogens is 274 g/mol. The van der Waals surface area contributed by atoms with E-state index in [0.717, 1.165) is 16.8 Å². The number of anilines is 1. The van der Waals surface area contributed by atoms with Gasteiger partial charge in [0, 0.05) is 12.3 Å². The minimum Gasteiger partial charge on any atom is -0.396 e. The van der Waals surface area contributed by atoms with Crippen molar-refractivity contribution in [3.63, 3.8) is 0 Å². The Kier molecular flexibility index (Phi) is 3.75. The van der Waals surface area contributed by atoms with Crippen LogP contribution in [0.1, 0.15) is 37.4 Å². The molecule has 0 spiro atoms. The molecule has 1 amide bonds. The van der Waals surface area contributed by atoms with Gasteiger partial charge in [0.05, 0.1) is 11.5 Å². The van der Waals surface area contributed by atoms with Crippen LogP contribution in [0.5, 0.6) is 0 Å². The van der Waals surface area contributed by atoms with Crippen LogP contribution in [-0.2, 0) is 10.2 Å². The average Bonchev–Trinajstić information content (AvgIpc) is 2.74. The van der Waals surface area contributed by atoms with E-state index in [-0.39, 0.29) is 18.6 Å². The van der Waals surface area contributed by atoms with Gasteiger partial charge >= 0.3 is 0 Å². The molecule has 2 aromatic carbocycles. The van der Waals surface area contributed by atoms with Gasteiger partial charge in [-0.15, -0.1) is 0 Å². The molecule has 1 aliphatic rings. The maximum atomic E-state index is 13.0. The predicted octanol–water partition coefficient (Wildman–Crippen LogP) is 3.43. The second-order valence-corrected chi connectivity index (χ2v) is 6.26. The standard InChI is InChI=1S/C19H21NO2/c1-19(2)15-10-6-7-11-17(15)20(18(19)22)16(12-13-21)14-8-4-3-5-9-14/h3-11,16,21H,12-13H2,1-2H3/t16-/m1/s1. The van der Waals surface area contributed by atoms with Crippen LogP contribution in [0, 0.1) is 0 Å². The Balaban J connectivity index is 2.11. The number of rotatable bonds is 4. The van der Waals surface area contributed by atoms with E-state index < -0.39 is 5.41 Å². The molecule has 1 N–H and O–H groups in total. The first-order chi connectivity index (χ1) is 10.6. The molecule has 22 heavy (non-hydrogen) atoms. The van der Waals surface area contributed by atoms with Crippen LogP contribution >= 0.6 is 0 Å². The fourth-order valence-electron chi connectivity index (χ4n) is 3.29. The zero-order valence-corrected chi connectivity index (χ0v) is 13.0. The number of fused-ring (bicyclic) bond motifs is 1. The minimum absolute atomic E-state index is 0.0476. The average molecular weight is 295 g/mol. The summed E-state index contributed by atoms with van der Waals surface area (Å²) in [5.41, 5.74) is 2.54. The lowest BCUT2D eigenvalue weighted by Crippen LogP contribution is -2.39. The van der Waals surface area contributed by atoms with Gasteiger partial charge in [-0.05, 0) is 37.5 Å². The van der Waals surface area contributed by atoms with E-state index in [1.165, 1.54) is 0 Å². The van der Waals surface area contributed by atoms with Crippen molar-refractivity contribution in [2.75, 3.05) is 11.5 Å². The first kappa shape index (κ1) is 14.8. The van der Waals surface area contributed by atoms with Gasteiger partial charge in [-0.2, -0.15) is 0 Å². The third-order valence-corrected chi connectivity index (χ3v) is 4.49. The van der Waals surface area contributed by atoms with Crippen LogP contribution in [0.2, 0.25) is 0 Å². The molecule has 1 aliphatic heterocycles. The summed E-state index contributed by atoms with van der Waals surface area (Å²) >= 11 is 0. The quantitative estimate of drug-likeness (QED) is 0.938. The van der Waals surface area contributed by atoms with Gasteiger partial charge in [0.15, 0.2) is 0 Å². The lowest BCUT2D eigenvalue weighted by Gasteiger charge is -2.30. The van der Waals surface area contributed by atoms with E-state index in [9.17, 15) is 9.90 Å². The smallest absolute Gasteiger partial charge is 0.237 e. The molecule has 3 rings (SSSR count). The Morgan fingerprint density at radius 3 is 2.36 bits per heavy atom. The number of para-hydroxylation sites is 1. The molecule has 0 radical (unpaired) electrons. The van der Waals surface area contributed by atoms with Crippen molar-refractivity contribution in [3.05, 3.63) is 65.7 Å². The zero-order valence-electron chi connectivity index (χ0n) is 13.0. The number of hydrogen-bond acceptors (Lipinski definition) is 2. The van der Waals surface area contributed by atoms with Crippen molar-refractivity contribution in [2.45, 2.75) is 31.7 Å². The number of hydrogen-bond donors (Lipinski definition) is 1. The third kappa shape index (κ3) is 2.22. The summed E-state index contributed by atoms with van der Waals surface area (Å²) in [6.07, 6.45) is 0.528. The van der Waals surface area contributed by atoms with Gasteiger partial charge in [0.25, 0.3) is 0 Å². The highest BCUT2D eigenvalue weighted by Gasteiger charge is 2.46. The second kappa shape index (κ2) is 5.58. The SMILES string of the molecule is CC1(C)C(=O)N([C@H](CCO)c2ccccc2)c2ccccc21. The number of aliphatic hydroxyl groups is 1. The van der Waals surface area contributed by atoms with E-state index in [0.29, 0.717) is 6.42 Å². The summed E-state index contributed by atoms with van der Waals surface area (Å²) in [7, 11) is 0. The molecule has 3 nitrogen and oxygen atoms in total. The van der Waals surface area contributed by atoms with Gasteiger partial charge in [0.1, 0.15) is 0 Å². The van der Waals surface area contributed by atoms with Gasteiger partial charge in [0.2, 0.25) is 5.91 Å². The molecule has 2 aromatic rings. The first-order valence-electron chi connectivity index (χ1n) is 7.66. The van der Waals surface area contributed by atoms with Crippen LogP contribution in [-0.4, -0.2) is 17.6 Å². The van der Waals surface area contributed by atoms with Gasteiger partial charge in [-0.3, -0.25) is 4.79 Å². The summed E-state index contributed by atoms with van der Waals surface area (Å²) < 4.78 is 0. The summed E-state index contributed by atoms with van der Waals surface area (Å²) in [6.45, 7) is 3.98. The number of amides is 1. The van der Waals surface area contributed by atoms with E-state index in [4.69, 9.17) is 0 Å². The maximum absolute atomic E-state index is 13.0. The summed E-state index contributed by atoms with van der Waals surface area (Å²) in [6, 6.07) is 17.7. The van der Waals surface area contributed by atoms with E-state index in [1.807, 2.05) is 73.3 Å². The Morgan fingerprint density at radius 2 is 1.68 bits per heavy atom. The summed E-state index contributed by atoms with van der Waals surface area (Å²) in [5.74, 6) is 0.0935. The minimum atomic E-state index is -0.529. The van der Waals surface area contributed by atoms with Crippen molar-refractivity contribution in [1.82, 2.24) is 0 Å². The molecule has 114 valence electrons. The highest BCUT2D eigenvalue weighted by Crippen LogP contribution is 2.45. The number of benzene rings is 2. The molecule has 0 unspecified atom stereocenters. The van der Waals surface area contributed by atoms with Gasteiger partial charge in [-0.25, -0.2) is 0 Å². The van der Waals surface area contributed by atoms with E-state index in [2.05, 4.69) is 0 Å². The molecule has 0 bridgehead atoms. The fourth-order valence-corrected chi connectivity index (χ4v) is 3.29. The second-order valence-electron chi connectivity index (χ2n) is 6.26. The van der Waals surface area contributed by atoms with Crippen molar-refractivity contribution >= 4 is 11.6 Å². The number of carbonyl (C=O) groups excluding carboxylic acids is 1. The van der Waals surface area contributed by atoms with Gasteiger partial charge < -0.3 is 10.0 Å². The van der Waals surface area contributed by atoms with Crippen molar-refractivity contribution in [2.24, 2.45) is 0 Å².